The molecule has 0 aliphatic heterocycles. The predicted molar refractivity (Wildman–Crippen MR) is 49.5 cm³/mol. The largest absolute Gasteiger partial charge is 0.396 e. The number of thioether (sulfide) groups is 1. The zero-order valence-electron chi connectivity index (χ0n) is 6.87. The minimum atomic E-state index is 0.807. The number of nitrogens with zero attached hydrogens (tertiary/aromatic N) is 2. The fourth-order valence-corrected chi connectivity index (χ4v) is 1.58. The molecular weight excluding hydrogens is 158 g/mol. The highest BCUT2D eigenvalue weighted by molar-refractivity contribution is 7.97. The van der Waals surface area contributed by atoms with Gasteiger partial charge >= 0.3 is 0 Å². The summed E-state index contributed by atoms with van der Waals surface area (Å²) in [7, 11) is 0. The number of hydrogen-bond acceptors (Lipinski definition) is 3. The highest BCUT2D eigenvalue weighted by Crippen LogP contribution is 2.15. The van der Waals surface area contributed by atoms with Crippen LogP contribution in [0.5, 0.6) is 0 Å². The average Bonchev–Trinajstić information content (AvgIpc) is 2.34. The molecule has 1 aromatic heterocycles. The van der Waals surface area contributed by atoms with Gasteiger partial charge in [-0.25, -0.2) is 0 Å². The lowest BCUT2D eigenvalue weighted by Gasteiger charge is -2.02. The lowest BCUT2D eigenvalue weighted by Crippen LogP contribution is -2.02. The van der Waals surface area contributed by atoms with E-state index in [2.05, 4.69) is 18.3 Å². The second-order valence-electron chi connectivity index (χ2n) is 2.30. The second kappa shape index (κ2) is 3.67. The summed E-state index contributed by atoms with van der Waals surface area (Å²) in [4.78, 5) is 0. The number of nitrogen functional groups attached to an aromatic ring is 1. The molecule has 1 rings (SSSR count). The van der Waals surface area contributed by atoms with Gasteiger partial charge in [-0.15, -0.1) is 0 Å². The minimum absolute atomic E-state index is 0.807. The number of anilines is 1. The number of nitrogens with two attached hydrogens (primary N) is 1. The average molecular weight is 171 g/mol. The molecule has 1 heterocycles. The molecule has 0 spiro atoms. The summed E-state index contributed by atoms with van der Waals surface area (Å²) in [5.41, 5.74) is 7.65. The summed E-state index contributed by atoms with van der Waals surface area (Å²) in [5, 5.41) is 4.13. The normalized spacial score (nSPS) is 10.4. The van der Waals surface area contributed by atoms with Crippen LogP contribution in [-0.2, 0) is 12.3 Å². The highest BCUT2D eigenvalue weighted by atomic mass is 32.2. The first-order valence-corrected chi connectivity index (χ1v) is 4.98. The van der Waals surface area contributed by atoms with E-state index in [9.17, 15) is 0 Å². The first-order chi connectivity index (χ1) is 5.29. The smallest absolute Gasteiger partial charge is 0.0741 e. The topological polar surface area (TPSA) is 43.8 Å². The Hall–Kier alpha value is -0.640. The van der Waals surface area contributed by atoms with Gasteiger partial charge in [-0.2, -0.15) is 16.9 Å². The molecule has 0 aliphatic carbocycles. The lowest BCUT2D eigenvalue weighted by molar-refractivity contribution is 0.638. The van der Waals surface area contributed by atoms with Crippen LogP contribution in [0.3, 0.4) is 0 Å². The van der Waals surface area contributed by atoms with E-state index in [4.69, 9.17) is 5.73 Å². The first-order valence-electron chi connectivity index (χ1n) is 3.58. The zero-order chi connectivity index (χ0) is 8.27. The molecule has 0 atom stereocenters. The summed E-state index contributed by atoms with van der Waals surface area (Å²) < 4.78 is 1.94. The van der Waals surface area contributed by atoms with Crippen LogP contribution in [0.25, 0.3) is 0 Å². The van der Waals surface area contributed by atoms with Crippen molar-refractivity contribution in [1.29, 1.82) is 0 Å². The van der Waals surface area contributed by atoms with E-state index in [0.717, 1.165) is 23.7 Å². The Balaban J connectivity index is 2.88. The second-order valence-corrected chi connectivity index (χ2v) is 3.16. The molecule has 4 heteroatoms. The minimum Gasteiger partial charge on any atom is -0.396 e. The summed E-state index contributed by atoms with van der Waals surface area (Å²) in [6, 6.07) is 0. The highest BCUT2D eigenvalue weighted by Gasteiger charge is 2.04. The Kier molecular flexibility index (Phi) is 2.82. The molecule has 0 aromatic carbocycles. The molecule has 0 saturated heterocycles. The molecule has 2 N–H and O–H groups in total. The van der Waals surface area contributed by atoms with E-state index < -0.39 is 0 Å². The van der Waals surface area contributed by atoms with Crippen LogP contribution in [0.2, 0.25) is 0 Å². The monoisotopic (exact) mass is 171 g/mol. The molecule has 0 radical (unpaired) electrons. The number of rotatable bonds is 3. The fraction of sp³-hybridized carbons (Fsp3) is 0.571. The maximum Gasteiger partial charge on any atom is 0.0741 e. The van der Waals surface area contributed by atoms with Crippen molar-refractivity contribution in [3.05, 3.63) is 11.9 Å². The van der Waals surface area contributed by atoms with Gasteiger partial charge in [-0.05, 0) is 13.2 Å². The molecule has 0 unspecified atom stereocenters. The Morgan fingerprint density at radius 1 is 1.73 bits per heavy atom. The van der Waals surface area contributed by atoms with E-state index in [0.29, 0.717) is 0 Å². The van der Waals surface area contributed by atoms with Gasteiger partial charge in [0.1, 0.15) is 0 Å². The van der Waals surface area contributed by atoms with Gasteiger partial charge in [0.05, 0.1) is 17.6 Å². The van der Waals surface area contributed by atoms with Crippen molar-refractivity contribution in [1.82, 2.24) is 9.78 Å². The molecule has 0 bridgehead atoms. The van der Waals surface area contributed by atoms with Crippen molar-refractivity contribution in [2.75, 3.05) is 12.0 Å². The van der Waals surface area contributed by atoms with E-state index in [1.807, 2.05) is 4.68 Å². The van der Waals surface area contributed by atoms with Crippen molar-refractivity contribution in [3.63, 3.8) is 0 Å². The van der Waals surface area contributed by atoms with Gasteiger partial charge in [0.25, 0.3) is 0 Å². The van der Waals surface area contributed by atoms with Crippen molar-refractivity contribution in [3.8, 4) is 0 Å². The van der Waals surface area contributed by atoms with Crippen LogP contribution < -0.4 is 5.73 Å². The molecular formula is C7H13N3S. The van der Waals surface area contributed by atoms with Crippen molar-refractivity contribution in [2.24, 2.45) is 0 Å². The molecule has 0 fully saturated rings. The van der Waals surface area contributed by atoms with E-state index in [1.165, 1.54) is 0 Å². The molecule has 0 saturated carbocycles. The predicted octanol–water partition coefficient (Wildman–Crippen LogP) is 1.35. The molecule has 0 aliphatic rings. The molecule has 62 valence electrons. The molecule has 1 aromatic rings. The summed E-state index contributed by atoms with van der Waals surface area (Å²) >= 11 is 1.76. The van der Waals surface area contributed by atoms with Gasteiger partial charge in [-0.3, -0.25) is 4.68 Å². The first kappa shape index (κ1) is 8.46. The van der Waals surface area contributed by atoms with Gasteiger partial charge < -0.3 is 5.73 Å². The summed E-state index contributed by atoms with van der Waals surface area (Å²) in [6.45, 7) is 2.96. The van der Waals surface area contributed by atoms with Crippen molar-refractivity contribution in [2.45, 2.75) is 19.2 Å². The Bertz CT molecular complexity index is 232. The fourth-order valence-electron chi connectivity index (χ4n) is 0.992. The van der Waals surface area contributed by atoms with Crippen LogP contribution in [0, 0.1) is 0 Å². The van der Waals surface area contributed by atoms with Crippen LogP contribution in [0.4, 0.5) is 5.69 Å². The summed E-state index contributed by atoms with van der Waals surface area (Å²) in [5.74, 6) is 0.944. The maximum absolute atomic E-state index is 5.71. The SMILES string of the molecule is CCn1ncc(N)c1CSC. The maximum atomic E-state index is 5.71. The van der Waals surface area contributed by atoms with E-state index >= 15 is 0 Å². The molecule has 3 nitrogen and oxygen atoms in total. The molecule has 11 heavy (non-hydrogen) atoms. The Morgan fingerprint density at radius 3 is 3.00 bits per heavy atom. The quantitative estimate of drug-likeness (QED) is 0.746. The Labute approximate surface area is 71.0 Å². The number of aromatic nitrogens is 2. The number of hydrogen-bond donors (Lipinski definition) is 1. The van der Waals surface area contributed by atoms with E-state index in [1.54, 1.807) is 18.0 Å². The van der Waals surface area contributed by atoms with Gasteiger partial charge in [0.2, 0.25) is 0 Å². The van der Waals surface area contributed by atoms with Gasteiger partial charge in [0, 0.05) is 12.3 Å². The van der Waals surface area contributed by atoms with Gasteiger partial charge in [-0.1, -0.05) is 0 Å². The molecule has 0 amide bonds. The van der Waals surface area contributed by atoms with E-state index in [-0.39, 0.29) is 0 Å². The van der Waals surface area contributed by atoms with Crippen LogP contribution >= 0.6 is 11.8 Å². The standard InChI is InChI=1S/C7H13N3S/c1-3-10-7(5-11-2)6(8)4-9-10/h4H,3,5,8H2,1-2H3. The van der Waals surface area contributed by atoms with Crippen LogP contribution in [-0.4, -0.2) is 16.0 Å². The third kappa shape index (κ3) is 1.68. The van der Waals surface area contributed by atoms with Crippen molar-refractivity contribution < 1.29 is 0 Å². The van der Waals surface area contributed by atoms with Crippen LogP contribution in [0.1, 0.15) is 12.6 Å². The summed E-state index contributed by atoms with van der Waals surface area (Å²) in [6.07, 6.45) is 3.78. The lowest BCUT2D eigenvalue weighted by atomic mass is 10.4. The van der Waals surface area contributed by atoms with Crippen molar-refractivity contribution >= 4 is 17.4 Å². The third-order valence-corrected chi connectivity index (χ3v) is 2.12. The van der Waals surface area contributed by atoms with Crippen LogP contribution in [0.15, 0.2) is 6.20 Å². The Morgan fingerprint density at radius 2 is 2.45 bits per heavy atom. The number of aryl methyl sites for hydroxylation is 1. The third-order valence-electron chi connectivity index (χ3n) is 1.56. The zero-order valence-corrected chi connectivity index (χ0v) is 7.69. The van der Waals surface area contributed by atoms with Gasteiger partial charge in [0.15, 0.2) is 0 Å².